The molecule has 1 aliphatic rings. The fourth-order valence-electron chi connectivity index (χ4n) is 9.88. The quantitative estimate of drug-likeness (QED) is 0.127. The first-order valence-electron chi connectivity index (χ1n) is 19.4. The number of rotatable bonds is 4. The van der Waals surface area contributed by atoms with Gasteiger partial charge >= 0.3 is 0 Å². The normalized spacial score (nSPS) is 13.1. The SMILES string of the molecule is CC1(C)c2cccc(-c3ccc(-c4c5ccccc5c(-c5ccccc5-c5ccccc5)c5ccccc45)cc3)c2-c2c1c1ccccc1c1ccccc21. The molecule has 0 heteroatoms. The smallest absolute Gasteiger partial charge is 0.0165 e. The molecule has 0 atom stereocenters. The third-order valence-corrected chi connectivity index (χ3v) is 12.2. The van der Waals surface area contributed by atoms with Gasteiger partial charge in [0.05, 0.1) is 0 Å². The highest BCUT2D eigenvalue weighted by atomic mass is 14.4. The Kier molecular flexibility index (Phi) is 7.00. The summed E-state index contributed by atoms with van der Waals surface area (Å²) in [7, 11) is 0. The van der Waals surface area contributed by atoms with Crippen molar-refractivity contribution in [3.8, 4) is 55.6 Å². The lowest BCUT2D eigenvalue weighted by molar-refractivity contribution is 0.666. The summed E-state index contributed by atoms with van der Waals surface area (Å²) in [6.45, 7) is 4.81. The Balaban J connectivity index is 1.12. The van der Waals surface area contributed by atoms with Crippen LogP contribution in [0.1, 0.15) is 25.0 Å². The zero-order valence-electron chi connectivity index (χ0n) is 31.0. The van der Waals surface area contributed by atoms with Crippen LogP contribution in [0.4, 0.5) is 0 Å². The summed E-state index contributed by atoms with van der Waals surface area (Å²) in [4.78, 5) is 0. The van der Waals surface area contributed by atoms with Crippen LogP contribution in [0.5, 0.6) is 0 Å². The maximum absolute atomic E-state index is 2.41. The maximum atomic E-state index is 2.41. The van der Waals surface area contributed by atoms with Crippen LogP contribution in [-0.4, -0.2) is 0 Å². The number of hydrogen-bond acceptors (Lipinski definition) is 0. The van der Waals surface area contributed by atoms with Gasteiger partial charge in [-0.3, -0.25) is 0 Å². The van der Waals surface area contributed by atoms with Crippen molar-refractivity contribution in [2.24, 2.45) is 0 Å². The van der Waals surface area contributed by atoms with Crippen LogP contribution in [0.15, 0.2) is 194 Å². The molecule has 0 aliphatic heterocycles. The van der Waals surface area contributed by atoms with E-state index in [1.807, 2.05) is 0 Å². The lowest BCUT2D eigenvalue weighted by Crippen LogP contribution is -2.15. The summed E-state index contributed by atoms with van der Waals surface area (Å²) < 4.78 is 0. The molecule has 0 spiro atoms. The summed E-state index contributed by atoms with van der Waals surface area (Å²) in [5.74, 6) is 0. The molecule has 0 aromatic heterocycles. The first-order chi connectivity index (χ1) is 27.1. The summed E-state index contributed by atoms with van der Waals surface area (Å²) >= 11 is 0. The van der Waals surface area contributed by atoms with Gasteiger partial charge in [-0.25, -0.2) is 0 Å². The first-order valence-corrected chi connectivity index (χ1v) is 19.4. The van der Waals surface area contributed by atoms with Crippen LogP contribution in [-0.2, 0) is 5.41 Å². The highest BCUT2D eigenvalue weighted by molar-refractivity contribution is 6.23. The molecule has 10 aromatic carbocycles. The van der Waals surface area contributed by atoms with E-state index in [0.717, 1.165) is 0 Å². The fourth-order valence-corrected chi connectivity index (χ4v) is 9.88. The van der Waals surface area contributed by atoms with Crippen molar-refractivity contribution in [1.82, 2.24) is 0 Å². The van der Waals surface area contributed by atoms with Crippen molar-refractivity contribution in [2.45, 2.75) is 19.3 Å². The zero-order chi connectivity index (χ0) is 36.7. The van der Waals surface area contributed by atoms with E-state index in [1.54, 1.807) is 0 Å². The third kappa shape index (κ3) is 4.65. The van der Waals surface area contributed by atoms with Crippen molar-refractivity contribution >= 4 is 43.1 Å². The fraction of sp³-hybridized carbons (Fsp3) is 0.0545. The molecular weight excluding hydrogens is 661 g/mol. The van der Waals surface area contributed by atoms with E-state index >= 15 is 0 Å². The maximum Gasteiger partial charge on any atom is 0.0165 e. The van der Waals surface area contributed by atoms with Crippen LogP contribution in [0, 0.1) is 0 Å². The van der Waals surface area contributed by atoms with Gasteiger partial charge in [-0.2, -0.15) is 0 Å². The van der Waals surface area contributed by atoms with Gasteiger partial charge in [0.15, 0.2) is 0 Å². The van der Waals surface area contributed by atoms with Crippen LogP contribution in [0.25, 0.3) is 98.7 Å². The minimum Gasteiger partial charge on any atom is -0.0622 e. The van der Waals surface area contributed by atoms with E-state index in [1.165, 1.54) is 110 Å². The largest absolute Gasteiger partial charge is 0.0622 e. The molecule has 0 N–H and O–H groups in total. The number of fused-ring (bicyclic) bond motifs is 10. The van der Waals surface area contributed by atoms with Gasteiger partial charge in [0.25, 0.3) is 0 Å². The van der Waals surface area contributed by atoms with Crippen molar-refractivity contribution in [2.75, 3.05) is 0 Å². The Morgan fingerprint density at radius 1 is 0.255 bits per heavy atom. The van der Waals surface area contributed by atoms with Crippen LogP contribution in [0.3, 0.4) is 0 Å². The second kappa shape index (κ2) is 12.1. The van der Waals surface area contributed by atoms with Gasteiger partial charge in [0.1, 0.15) is 0 Å². The first kappa shape index (κ1) is 31.7. The van der Waals surface area contributed by atoms with Gasteiger partial charge in [-0.05, 0) is 110 Å². The van der Waals surface area contributed by atoms with E-state index < -0.39 is 0 Å². The monoisotopic (exact) mass is 698 g/mol. The number of hydrogen-bond donors (Lipinski definition) is 0. The molecule has 0 bridgehead atoms. The van der Waals surface area contributed by atoms with Crippen molar-refractivity contribution in [1.29, 1.82) is 0 Å². The molecule has 55 heavy (non-hydrogen) atoms. The predicted octanol–water partition coefficient (Wildman–Crippen LogP) is 15.3. The molecule has 0 heterocycles. The second-order valence-electron chi connectivity index (χ2n) is 15.5. The topological polar surface area (TPSA) is 0 Å². The highest BCUT2D eigenvalue weighted by Crippen LogP contribution is 2.57. The average molecular weight is 699 g/mol. The second-order valence-corrected chi connectivity index (χ2v) is 15.5. The molecule has 0 nitrogen and oxygen atoms in total. The molecular formula is C55H38. The van der Waals surface area contributed by atoms with Gasteiger partial charge in [0, 0.05) is 5.41 Å². The highest BCUT2D eigenvalue weighted by Gasteiger charge is 2.39. The summed E-state index contributed by atoms with van der Waals surface area (Å²) in [5, 5.41) is 10.4. The van der Waals surface area contributed by atoms with Crippen LogP contribution < -0.4 is 0 Å². The van der Waals surface area contributed by atoms with E-state index in [2.05, 4.69) is 208 Å². The Bertz CT molecular complexity index is 3090. The van der Waals surface area contributed by atoms with Gasteiger partial charge < -0.3 is 0 Å². The van der Waals surface area contributed by atoms with Crippen molar-refractivity contribution in [3.63, 3.8) is 0 Å². The lowest BCUT2D eigenvalue weighted by Gasteiger charge is -2.24. The molecule has 0 unspecified atom stereocenters. The molecule has 10 aromatic rings. The predicted molar refractivity (Wildman–Crippen MR) is 236 cm³/mol. The zero-order valence-corrected chi connectivity index (χ0v) is 31.0. The molecule has 1 aliphatic carbocycles. The Hall–Kier alpha value is -6.76. The van der Waals surface area contributed by atoms with Gasteiger partial charge in [-0.1, -0.05) is 208 Å². The molecule has 0 saturated carbocycles. The van der Waals surface area contributed by atoms with E-state index in [4.69, 9.17) is 0 Å². The lowest BCUT2D eigenvalue weighted by atomic mass is 9.79. The molecule has 11 rings (SSSR count). The van der Waals surface area contributed by atoms with Gasteiger partial charge in [0.2, 0.25) is 0 Å². The standard InChI is InChI=1S/C55H38/c1-55(2)49-30-16-29-39(52(49)53-43-23-10-7-20-40(43)41-21-8-15-28-48(41)54(53)55)36-31-33-37(34-32-36)50-44-24-11-13-26-46(44)51(47-27-14-12-25-45(47)50)42-22-9-6-19-38(42)35-17-4-3-5-18-35/h3-34H,1-2H3. The Labute approximate surface area is 322 Å². The van der Waals surface area contributed by atoms with E-state index in [9.17, 15) is 0 Å². The Morgan fingerprint density at radius 2 is 0.673 bits per heavy atom. The molecule has 0 saturated heterocycles. The Morgan fingerprint density at radius 3 is 1.29 bits per heavy atom. The van der Waals surface area contributed by atoms with Gasteiger partial charge in [-0.15, -0.1) is 0 Å². The molecule has 0 fully saturated rings. The summed E-state index contributed by atoms with van der Waals surface area (Å²) in [6, 6.07) is 71.9. The minimum absolute atomic E-state index is 0.136. The molecule has 258 valence electrons. The number of benzene rings is 10. The third-order valence-electron chi connectivity index (χ3n) is 12.2. The summed E-state index contributed by atoms with van der Waals surface area (Å²) in [6.07, 6.45) is 0. The van der Waals surface area contributed by atoms with Crippen molar-refractivity contribution < 1.29 is 0 Å². The molecule has 0 radical (unpaired) electrons. The minimum atomic E-state index is -0.136. The average Bonchev–Trinajstić information content (AvgIpc) is 3.50. The summed E-state index contributed by atoms with van der Waals surface area (Å²) in [5.41, 5.74) is 15.5. The van der Waals surface area contributed by atoms with E-state index in [0.29, 0.717) is 0 Å². The van der Waals surface area contributed by atoms with Crippen LogP contribution in [0.2, 0.25) is 0 Å². The van der Waals surface area contributed by atoms with E-state index in [-0.39, 0.29) is 5.41 Å². The van der Waals surface area contributed by atoms with Crippen molar-refractivity contribution in [3.05, 3.63) is 205 Å². The molecule has 0 amide bonds. The van der Waals surface area contributed by atoms with Crippen LogP contribution >= 0.6 is 0 Å².